The van der Waals surface area contributed by atoms with Gasteiger partial charge < -0.3 is 14.8 Å². The molecule has 0 aliphatic carbocycles. The van der Waals surface area contributed by atoms with Crippen molar-refractivity contribution in [1.29, 1.82) is 0 Å². The summed E-state index contributed by atoms with van der Waals surface area (Å²) in [5.74, 6) is -2.69. The molecule has 2 N–H and O–H groups in total. The van der Waals surface area contributed by atoms with Gasteiger partial charge in [0.2, 0.25) is 5.82 Å². The summed E-state index contributed by atoms with van der Waals surface area (Å²) in [7, 11) is 0. The van der Waals surface area contributed by atoms with Crippen molar-refractivity contribution in [1.82, 2.24) is 24.5 Å². The van der Waals surface area contributed by atoms with Gasteiger partial charge in [0, 0.05) is 35.5 Å². The number of hydrogen-bond donors (Lipinski definition) is 2. The van der Waals surface area contributed by atoms with E-state index >= 15 is 0 Å². The van der Waals surface area contributed by atoms with Crippen LogP contribution in [0.4, 0.5) is 17.6 Å². The molecule has 3 aromatic heterocycles. The highest BCUT2D eigenvalue weighted by Gasteiger charge is 2.34. The van der Waals surface area contributed by atoms with Gasteiger partial charge in [0.15, 0.2) is 5.16 Å². The minimum atomic E-state index is -4.68. The predicted octanol–water partition coefficient (Wildman–Crippen LogP) is 4.74. The molecule has 37 heavy (non-hydrogen) atoms. The van der Waals surface area contributed by atoms with Crippen LogP contribution in [-0.2, 0) is 29.7 Å². The van der Waals surface area contributed by atoms with Crippen molar-refractivity contribution in [2.75, 3.05) is 0 Å². The maximum atomic E-state index is 13.9. The quantitative estimate of drug-likeness (QED) is 0.189. The number of aromatic nitrogens is 5. The van der Waals surface area contributed by atoms with Crippen LogP contribution in [0.25, 0.3) is 22.2 Å². The number of carboxylic acid groups (broad SMARTS) is 1. The fourth-order valence-corrected chi connectivity index (χ4v) is 4.42. The molecule has 0 saturated carbocycles. The number of aliphatic hydroxyl groups is 1. The number of carboxylic acids is 1. The van der Waals surface area contributed by atoms with Gasteiger partial charge in [0.1, 0.15) is 11.3 Å². The van der Waals surface area contributed by atoms with E-state index in [1.165, 1.54) is 30.0 Å². The molecule has 0 saturated heterocycles. The molecule has 0 bridgehead atoms. The zero-order chi connectivity index (χ0) is 27.0. The number of thioether (sulfide) groups is 1. The topological polar surface area (TPSA) is 114 Å². The molecular weight excluding hydrogens is 514 g/mol. The number of rotatable bonds is 8. The van der Waals surface area contributed by atoms with Crippen LogP contribution < -0.4 is 0 Å². The lowest BCUT2D eigenvalue weighted by Crippen LogP contribution is -2.25. The number of carbonyl (C=O) groups is 1. The van der Waals surface area contributed by atoms with Crippen LogP contribution in [0.5, 0.6) is 0 Å². The molecule has 13 heteroatoms. The number of nitrogens with zero attached hydrogens (tertiary/aromatic N) is 5. The second kappa shape index (κ2) is 10.1. The molecule has 0 amide bonds. The second-order valence-electron chi connectivity index (χ2n) is 8.95. The van der Waals surface area contributed by atoms with Crippen LogP contribution >= 0.6 is 11.8 Å². The normalized spacial score (nSPS) is 12.3. The van der Waals surface area contributed by atoms with E-state index in [1.54, 1.807) is 30.8 Å². The van der Waals surface area contributed by atoms with Crippen molar-refractivity contribution in [2.24, 2.45) is 0 Å². The zero-order valence-corrected chi connectivity index (χ0v) is 20.4. The van der Waals surface area contributed by atoms with E-state index in [2.05, 4.69) is 19.9 Å². The zero-order valence-electron chi connectivity index (χ0n) is 19.6. The van der Waals surface area contributed by atoms with E-state index in [0.29, 0.717) is 38.6 Å². The first kappa shape index (κ1) is 26.5. The number of hydrogen-bond acceptors (Lipinski definition) is 7. The maximum absolute atomic E-state index is 13.9. The van der Waals surface area contributed by atoms with Crippen molar-refractivity contribution in [2.45, 2.75) is 49.5 Å². The van der Waals surface area contributed by atoms with Crippen LogP contribution in [0.3, 0.4) is 0 Å². The van der Waals surface area contributed by atoms with Gasteiger partial charge in [0.25, 0.3) is 0 Å². The van der Waals surface area contributed by atoms with E-state index in [0.717, 1.165) is 12.4 Å². The van der Waals surface area contributed by atoms with E-state index in [-0.39, 0.29) is 12.1 Å². The summed E-state index contributed by atoms with van der Waals surface area (Å²) in [5, 5.41) is 19.6. The van der Waals surface area contributed by atoms with Gasteiger partial charge in [0.05, 0.1) is 30.3 Å². The van der Waals surface area contributed by atoms with Gasteiger partial charge in [-0.3, -0.25) is 4.79 Å². The molecule has 0 atom stereocenters. The summed E-state index contributed by atoms with van der Waals surface area (Å²) in [6.45, 7) is 3.40. The summed E-state index contributed by atoms with van der Waals surface area (Å²) in [4.78, 5) is 26.8. The van der Waals surface area contributed by atoms with E-state index in [4.69, 9.17) is 5.11 Å². The Hall–Kier alpha value is -3.58. The van der Waals surface area contributed by atoms with E-state index < -0.39 is 35.8 Å². The third kappa shape index (κ3) is 6.41. The molecule has 0 radical (unpaired) electrons. The largest absolute Gasteiger partial charge is 0.481 e. The van der Waals surface area contributed by atoms with Crippen molar-refractivity contribution in [3.63, 3.8) is 0 Å². The van der Waals surface area contributed by atoms with Crippen LogP contribution in [0.15, 0.2) is 48.1 Å². The molecule has 3 heterocycles. The molecule has 1 aromatic carbocycles. The lowest BCUT2D eigenvalue weighted by atomic mass is 10.1. The third-order valence-electron chi connectivity index (χ3n) is 5.19. The first-order valence-electron chi connectivity index (χ1n) is 10.9. The van der Waals surface area contributed by atoms with Crippen molar-refractivity contribution >= 4 is 28.8 Å². The van der Waals surface area contributed by atoms with Gasteiger partial charge in [-0.25, -0.2) is 24.3 Å². The van der Waals surface area contributed by atoms with Crippen molar-refractivity contribution < 1.29 is 32.6 Å². The van der Waals surface area contributed by atoms with E-state index in [1.807, 2.05) is 0 Å². The standard InChI is InChI=1S/C24H21F4N5O3S/c1-23(2,36)12-33-10-16(15-7-29-21(30-8-15)24(26,27)28)20-18(33)9-31-22(32-20)37-11-13-3-4-17(25)14(5-13)6-19(34)35/h3-5,7-10,36H,6,11-12H2,1-2H3,(H,34,35). The number of alkyl halides is 3. The second-order valence-corrected chi connectivity index (χ2v) is 9.89. The number of halogens is 4. The molecule has 0 aliphatic rings. The average molecular weight is 536 g/mol. The number of fused-ring (bicyclic) bond motifs is 1. The smallest absolute Gasteiger partial charge is 0.451 e. The molecular formula is C24H21F4N5O3S. The Labute approximate surface area is 212 Å². The summed E-state index contributed by atoms with van der Waals surface area (Å²) < 4.78 is 54.4. The minimum Gasteiger partial charge on any atom is -0.481 e. The monoisotopic (exact) mass is 535 g/mol. The summed E-state index contributed by atoms with van der Waals surface area (Å²) in [5.41, 5.74) is 1.38. The fourth-order valence-electron chi connectivity index (χ4n) is 3.66. The highest BCUT2D eigenvalue weighted by atomic mass is 32.2. The fraction of sp³-hybridized carbons (Fsp3) is 0.292. The highest BCUT2D eigenvalue weighted by Crippen LogP contribution is 2.33. The lowest BCUT2D eigenvalue weighted by Gasteiger charge is -2.18. The predicted molar refractivity (Wildman–Crippen MR) is 127 cm³/mol. The Morgan fingerprint density at radius 1 is 1.11 bits per heavy atom. The van der Waals surface area contributed by atoms with Gasteiger partial charge in [-0.15, -0.1) is 0 Å². The molecule has 4 rings (SSSR count). The Balaban J connectivity index is 1.68. The molecule has 194 valence electrons. The molecule has 8 nitrogen and oxygen atoms in total. The minimum absolute atomic E-state index is 0.0651. The highest BCUT2D eigenvalue weighted by molar-refractivity contribution is 7.98. The first-order chi connectivity index (χ1) is 17.3. The summed E-state index contributed by atoms with van der Waals surface area (Å²) in [6.07, 6.45) is 0.207. The molecule has 4 aromatic rings. The molecule has 0 aliphatic heterocycles. The van der Waals surface area contributed by atoms with Crippen molar-refractivity contribution in [3.8, 4) is 11.1 Å². The van der Waals surface area contributed by atoms with E-state index in [9.17, 15) is 27.5 Å². The Morgan fingerprint density at radius 2 is 1.81 bits per heavy atom. The van der Waals surface area contributed by atoms with Gasteiger partial charge in [-0.1, -0.05) is 23.9 Å². The van der Waals surface area contributed by atoms with Crippen LogP contribution in [0, 0.1) is 5.82 Å². The number of aliphatic carboxylic acids is 1. The van der Waals surface area contributed by atoms with Gasteiger partial charge in [-0.05, 0) is 31.0 Å². The third-order valence-corrected chi connectivity index (χ3v) is 6.12. The van der Waals surface area contributed by atoms with Crippen LogP contribution in [-0.4, -0.2) is 46.3 Å². The molecule has 0 spiro atoms. The van der Waals surface area contributed by atoms with Gasteiger partial charge in [-0.2, -0.15) is 13.2 Å². The first-order valence-corrected chi connectivity index (χ1v) is 11.9. The van der Waals surface area contributed by atoms with Crippen LogP contribution in [0.2, 0.25) is 0 Å². The SMILES string of the molecule is CC(C)(O)Cn1cc(-c2cnc(C(F)(F)F)nc2)c2nc(SCc3ccc(F)c(CC(=O)O)c3)ncc21. The van der Waals surface area contributed by atoms with Crippen molar-refractivity contribution in [3.05, 3.63) is 65.8 Å². The Morgan fingerprint density at radius 3 is 2.43 bits per heavy atom. The van der Waals surface area contributed by atoms with Crippen LogP contribution in [0.1, 0.15) is 30.8 Å². The summed E-state index contributed by atoms with van der Waals surface area (Å²) in [6, 6.07) is 4.22. The lowest BCUT2D eigenvalue weighted by molar-refractivity contribution is -0.145. The molecule has 0 fully saturated rings. The molecule has 0 unspecified atom stereocenters. The Bertz CT molecular complexity index is 1450. The average Bonchev–Trinajstić information content (AvgIpc) is 3.15. The summed E-state index contributed by atoms with van der Waals surface area (Å²) >= 11 is 1.22. The van der Waals surface area contributed by atoms with Gasteiger partial charge >= 0.3 is 12.1 Å². The number of benzene rings is 1. The maximum Gasteiger partial charge on any atom is 0.451 e. The Kier molecular flexibility index (Phi) is 7.20.